The van der Waals surface area contributed by atoms with Gasteiger partial charge in [-0.05, 0) is 60.4 Å². The summed E-state index contributed by atoms with van der Waals surface area (Å²) in [5.41, 5.74) is 2.50. The number of carbonyl (C=O) groups is 1. The summed E-state index contributed by atoms with van der Waals surface area (Å²) in [7, 11) is 0. The fourth-order valence-electron chi connectivity index (χ4n) is 4.33. The predicted octanol–water partition coefficient (Wildman–Crippen LogP) is 5.05. The molecule has 1 aromatic carbocycles. The molecule has 3 aromatic rings. The number of aryl methyl sites for hydroxylation is 1. The van der Waals surface area contributed by atoms with Crippen LogP contribution in [0, 0.1) is 12.8 Å². The first kappa shape index (κ1) is 20.8. The molecule has 2 unspecified atom stereocenters. The molecule has 156 valence electrons. The highest BCUT2D eigenvalue weighted by Crippen LogP contribution is 2.29. The van der Waals surface area contributed by atoms with E-state index in [-0.39, 0.29) is 11.9 Å². The van der Waals surface area contributed by atoms with E-state index >= 15 is 0 Å². The van der Waals surface area contributed by atoms with Gasteiger partial charge in [-0.1, -0.05) is 43.3 Å². The van der Waals surface area contributed by atoms with Crippen molar-refractivity contribution in [2.75, 3.05) is 24.5 Å². The Labute approximate surface area is 183 Å². The summed E-state index contributed by atoms with van der Waals surface area (Å²) in [6, 6.07) is 18.7. The molecule has 1 aliphatic heterocycles. The fraction of sp³-hybridized carbons (Fsp3) is 0.360. The van der Waals surface area contributed by atoms with Gasteiger partial charge in [-0.15, -0.1) is 11.3 Å². The molecule has 1 aliphatic rings. The molecule has 0 N–H and O–H groups in total. The lowest BCUT2D eigenvalue weighted by Crippen LogP contribution is -2.52. The maximum Gasteiger partial charge on any atom is 0.269 e. The molecule has 1 fully saturated rings. The second-order valence-corrected chi connectivity index (χ2v) is 9.16. The van der Waals surface area contributed by atoms with Crippen LogP contribution in [0.5, 0.6) is 0 Å². The van der Waals surface area contributed by atoms with Gasteiger partial charge < -0.3 is 4.90 Å². The van der Waals surface area contributed by atoms with Crippen molar-refractivity contribution in [3.8, 4) is 0 Å². The van der Waals surface area contributed by atoms with Crippen LogP contribution in [0.4, 0.5) is 5.82 Å². The molecule has 0 radical (unpaired) electrons. The number of nitrogens with zero attached hydrogens (tertiary/aromatic N) is 3. The Bertz CT molecular complexity index is 958. The van der Waals surface area contributed by atoms with Gasteiger partial charge in [0.25, 0.3) is 5.91 Å². The van der Waals surface area contributed by atoms with E-state index in [0.29, 0.717) is 5.92 Å². The van der Waals surface area contributed by atoms with Gasteiger partial charge in [0.2, 0.25) is 0 Å². The third kappa shape index (κ3) is 4.79. The van der Waals surface area contributed by atoms with Crippen LogP contribution in [-0.2, 0) is 6.42 Å². The summed E-state index contributed by atoms with van der Waals surface area (Å²) in [6.45, 7) is 7.38. The molecule has 0 aliphatic carbocycles. The highest BCUT2D eigenvalue weighted by molar-refractivity contribution is 7.12. The van der Waals surface area contributed by atoms with Gasteiger partial charge >= 0.3 is 0 Å². The number of anilines is 1. The molecule has 3 heterocycles. The highest BCUT2D eigenvalue weighted by Gasteiger charge is 2.35. The molecular weight excluding hydrogens is 390 g/mol. The predicted molar refractivity (Wildman–Crippen MR) is 124 cm³/mol. The Morgan fingerprint density at radius 1 is 1.20 bits per heavy atom. The van der Waals surface area contributed by atoms with E-state index in [4.69, 9.17) is 0 Å². The molecule has 1 saturated heterocycles. The molecule has 30 heavy (non-hydrogen) atoms. The lowest BCUT2D eigenvalue weighted by molar-refractivity contribution is 0.0935. The number of aromatic nitrogens is 1. The Hall–Kier alpha value is -2.50. The molecule has 4 rings (SSSR count). The molecule has 2 aromatic heterocycles. The van der Waals surface area contributed by atoms with Crippen molar-refractivity contribution in [2.45, 2.75) is 32.7 Å². The van der Waals surface area contributed by atoms with Gasteiger partial charge in [0.1, 0.15) is 5.82 Å². The normalized spacial score (nSPS) is 19.5. The van der Waals surface area contributed by atoms with Gasteiger partial charge in [0.15, 0.2) is 0 Å². The minimum Gasteiger partial charge on any atom is -0.303 e. The standard InChI is InChI=1S/C25H29N3OS/c1-19-10-13-26-24(17-19)28(25(29)23-9-6-16-30-23)22-12-15-27(18-20(22)2)14-11-21-7-4-3-5-8-21/h3-10,13,16-17,20,22H,11-12,14-15,18H2,1-2H3. The first-order valence-corrected chi connectivity index (χ1v) is 11.6. The molecule has 0 bridgehead atoms. The first-order chi connectivity index (χ1) is 14.6. The van der Waals surface area contributed by atoms with E-state index < -0.39 is 0 Å². The van der Waals surface area contributed by atoms with E-state index in [9.17, 15) is 4.79 Å². The zero-order valence-electron chi connectivity index (χ0n) is 17.7. The number of amides is 1. The van der Waals surface area contributed by atoms with Crippen LogP contribution in [0.15, 0.2) is 66.2 Å². The number of thiophene rings is 1. The minimum atomic E-state index is 0.0673. The molecule has 4 nitrogen and oxygen atoms in total. The lowest BCUT2D eigenvalue weighted by atomic mass is 9.91. The summed E-state index contributed by atoms with van der Waals surface area (Å²) in [5.74, 6) is 1.21. The Balaban J connectivity index is 1.49. The first-order valence-electron chi connectivity index (χ1n) is 10.7. The van der Waals surface area contributed by atoms with Crippen LogP contribution in [0.1, 0.15) is 34.1 Å². The fourth-order valence-corrected chi connectivity index (χ4v) is 4.99. The Morgan fingerprint density at radius 2 is 2.03 bits per heavy atom. The van der Waals surface area contributed by atoms with E-state index in [1.54, 1.807) is 6.20 Å². The number of piperidine rings is 1. The van der Waals surface area contributed by atoms with Crippen LogP contribution in [0.3, 0.4) is 0 Å². The maximum absolute atomic E-state index is 13.4. The van der Waals surface area contributed by atoms with Crippen molar-refractivity contribution < 1.29 is 4.79 Å². The number of benzene rings is 1. The average Bonchev–Trinajstić information content (AvgIpc) is 3.30. The van der Waals surface area contributed by atoms with Crippen LogP contribution < -0.4 is 4.90 Å². The van der Waals surface area contributed by atoms with Crippen molar-refractivity contribution in [1.29, 1.82) is 0 Å². The van der Waals surface area contributed by atoms with Gasteiger partial charge in [0, 0.05) is 31.9 Å². The number of carbonyl (C=O) groups excluding carboxylic acids is 1. The SMILES string of the molecule is Cc1ccnc(N(C(=O)c2cccs2)C2CCN(CCc3ccccc3)CC2C)c1. The quantitative estimate of drug-likeness (QED) is 0.561. The zero-order chi connectivity index (χ0) is 20.9. The number of hydrogen-bond donors (Lipinski definition) is 0. The van der Waals surface area contributed by atoms with Crippen LogP contribution in [-0.4, -0.2) is 41.5 Å². The summed E-state index contributed by atoms with van der Waals surface area (Å²) >= 11 is 1.50. The minimum absolute atomic E-state index is 0.0673. The maximum atomic E-state index is 13.4. The van der Waals surface area contributed by atoms with Gasteiger partial charge in [-0.2, -0.15) is 0 Å². The number of hydrogen-bond acceptors (Lipinski definition) is 4. The van der Waals surface area contributed by atoms with Crippen molar-refractivity contribution in [3.63, 3.8) is 0 Å². The van der Waals surface area contributed by atoms with Gasteiger partial charge in [-0.3, -0.25) is 9.69 Å². The molecule has 5 heteroatoms. The van der Waals surface area contributed by atoms with E-state index in [0.717, 1.165) is 48.7 Å². The van der Waals surface area contributed by atoms with Crippen LogP contribution in [0.2, 0.25) is 0 Å². The number of pyridine rings is 1. The largest absolute Gasteiger partial charge is 0.303 e. The summed E-state index contributed by atoms with van der Waals surface area (Å²) in [4.78, 5) is 23.3. The summed E-state index contributed by atoms with van der Waals surface area (Å²) in [5, 5.41) is 1.96. The molecule has 0 saturated carbocycles. The molecule has 2 atom stereocenters. The van der Waals surface area contributed by atoms with E-state index in [2.05, 4.69) is 54.1 Å². The summed E-state index contributed by atoms with van der Waals surface area (Å²) < 4.78 is 0. The van der Waals surface area contributed by atoms with Crippen LogP contribution in [0.25, 0.3) is 0 Å². The molecule has 1 amide bonds. The van der Waals surface area contributed by atoms with Crippen molar-refractivity contribution in [3.05, 3.63) is 82.2 Å². The second-order valence-electron chi connectivity index (χ2n) is 8.21. The third-order valence-electron chi connectivity index (χ3n) is 5.93. The topological polar surface area (TPSA) is 36.4 Å². The second kappa shape index (κ2) is 9.54. The van der Waals surface area contributed by atoms with Crippen molar-refractivity contribution in [1.82, 2.24) is 9.88 Å². The van der Waals surface area contributed by atoms with Gasteiger partial charge in [0.05, 0.1) is 4.88 Å². The Kier molecular flexibility index (Phi) is 6.60. The average molecular weight is 420 g/mol. The molecule has 0 spiro atoms. The van der Waals surface area contributed by atoms with Crippen molar-refractivity contribution in [2.24, 2.45) is 5.92 Å². The third-order valence-corrected chi connectivity index (χ3v) is 6.79. The highest BCUT2D eigenvalue weighted by atomic mass is 32.1. The smallest absolute Gasteiger partial charge is 0.269 e. The number of likely N-dealkylation sites (tertiary alicyclic amines) is 1. The summed E-state index contributed by atoms with van der Waals surface area (Å²) in [6.07, 6.45) is 3.83. The monoisotopic (exact) mass is 419 g/mol. The lowest BCUT2D eigenvalue weighted by Gasteiger charge is -2.42. The molecular formula is C25H29N3OS. The Morgan fingerprint density at radius 3 is 2.73 bits per heavy atom. The van der Waals surface area contributed by atoms with E-state index in [1.807, 2.05) is 34.5 Å². The van der Waals surface area contributed by atoms with E-state index in [1.165, 1.54) is 16.9 Å². The van der Waals surface area contributed by atoms with Crippen LogP contribution >= 0.6 is 11.3 Å². The van der Waals surface area contributed by atoms with Crippen molar-refractivity contribution >= 4 is 23.1 Å². The number of rotatable bonds is 6. The van der Waals surface area contributed by atoms with Gasteiger partial charge in [-0.25, -0.2) is 4.98 Å². The zero-order valence-corrected chi connectivity index (χ0v) is 18.5.